The Balaban J connectivity index is 1.06. The van der Waals surface area contributed by atoms with Crippen LogP contribution in [0.1, 0.15) is 58.6 Å². The first-order valence-electron chi connectivity index (χ1n) is 19.3. The van der Waals surface area contributed by atoms with Gasteiger partial charge < -0.3 is 24.0 Å². The molecular weight excluding hydrogens is 677 g/mol. The molecule has 5 aromatic rings. The van der Waals surface area contributed by atoms with Crippen molar-refractivity contribution in [3.8, 4) is 23.0 Å². The number of hydrogen-bond donors (Lipinski definition) is 0. The number of carbonyl (C=O) groups is 1. The van der Waals surface area contributed by atoms with Gasteiger partial charge >= 0.3 is 6.09 Å². The molecule has 2 atom stereocenters. The van der Waals surface area contributed by atoms with Gasteiger partial charge in [0, 0.05) is 63.3 Å². The van der Waals surface area contributed by atoms with Gasteiger partial charge in [-0.2, -0.15) is 10.1 Å². The third-order valence-electron chi connectivity index (χ3n) is 10.6. The van der Waals surface area contributed by atoms with E-state index in [0.717, 1.165) is 72.3 Å². The normalized spacial score (nSPS) is 18.6. The Morgan fingerprint density at radius 3 is 2.13 bits per heavy atom. The largest absolute Gasteiger partial charge is 0.473 e. The summed E-state index contributed by atoms with van der Waals surface area (Å²) in [6, 6.07) is 31.1. The Morgan fingerprint density at radius 1 is 0.796 bits per heavy atom. The summed E-state index contributed by atoms with van der Waals surface area (Å²) >= 11 is 0. The highest BCUT2D eigenvalue weighted by Crippen LogP contribution is 2.39. The molecule has 0 N–H and O–H groups in total. The second-order valence-corrected chi connectivity index (χ2v) is 15.9. The summed E-state index contributed by atoms with van der Waals surface area (Å²) in [5.74, 6) is 1.60. The Kier molecular flexibility index (Phi) is 11.1. The molecule has 2 fully saturated rings. The van der Waals surface area contributed by atoms with Crippen LogP contribution in [0.2, 0.25) is 0 Å². The first-order valence-corrected chi connectivity index (χ1v) is 19.3. The molecule has 0 saturated carbocycles. The number of piperidine rings is 1. The van der Waals surface area contributed by atoms with Crippen LogP contribution in [0.3, 0.4) is 0 Å². The third kappa shape index (κ3) is 8.65. The van der Waals surface area contributed by atoms with Crippen molar-refractivity contribution in [2.24, 2.45) is 13.0 Å². The molecule has 10 nitrogen and oxygen atoms in total. The molecule has 0 spiro atoms. The van der Waals surface area contributed by atoms with E-state index in [-0.39, 0.29) is 18.2 Å². The Hall–Kier alpha value is -5.09. The van der Waals surface area contributed by atoms with Gasteiger partial charge in [-0.15, -0.1) is 0 Å². The van der Waals surface area contributed by atoms with Gasteiger partial charge in [-0.1, -0.05) is 72.8 Å². The minimum atomic E-state index is -0.493. The Morgan fingerprint density at radius 2 is 1.46 bits per heavy atom. The van der Waals surface area contributed by atoms with Crippen molar-refractivity contribution in [1.82, 2.24) is 24.6 Å². The molecule has 0 radical (unpaired) electrons. The van der Waals surface area contributed by atoms with Gasteiger partial charge in [0.1, 0.15) is 24.5 Å². The van der Waals surface area contributed by atoms with Crippen molar-refractivity contribution in [3.05, 3.63) is 102 Å². The molecule has 1 amide bonds. The standard InChI is InChI=1S/C44H54N6O4/c1-31-27-50(43(51)54-44(3,4)5)32(2)26-49(31)28-33-22-24-48(25-23-33)38-19-13-18-36-40(46-47(6)41(36)38)37-20-21-39(52-29-34-14-9-7-10-15-34)45-42(37)53-30-35-16-11-8-12-17-35/h7-21,31-33H,22-30H2,1-6H3/t31-,32+/m1/s1. The molecule has 2 saturated heterocycles. The average Bonchev–Trinajstić information content (AvgIpc) is 3.51. The van der Waals surface area contributed by atoms with Gasteiger partial charge in [-0.05, 0) is 76.6 Å². The predicted molar refractivity (Wildman–Crippen MR) is 214 cm³/mol. The monoisotopic (exact) mass is 730 g/mol. The van der Waals surface area contributed by atoms with Crippen LogP contribution in [0.5, 0.6) is 11.8 Å². The second-order valence-electron chi connectivity index (χ2n) is 15.9. The maximum atomic E-state index is 12.9. The van der Waals surface area contributed by atoms with E-state index < -0.39 is 5.60 Å². The first kappa shape index (κ1) is 37.2. The fourth-order valence-corrected chi connectivity index (χ4v) is 7.74. The lowest BCUT2D eigenvalue weighted by molar-refractivity contribution is -0.0134. The summed E-state index contributed by atoms with van der Waals surface area (Å²) in [5.41, 5.74) is 5.60. The number of benzene rings is 3. The minimum Gasteiger partial charge on any atom is -0.473 e. The number of piperazine rings is 1. The number of fused-ring (bicyclic) bond motifs is 1. The van der Waals surface area contributed by atoms with E-state index in [9.17, 15) is 4.79 Å². The number of ether oxygens (including phenoxy) is 3. The SMILES string of the molecule is C[C@@H]1CN(C(=O)OC(C)(C)C)[C@@H](C)CN1CC1CCN(c2cccc3c(-c4ccc(OCc5ccccc5)nc4OCc4ccccc4)nn(C)c23)CC1. The van der Waals surface area contributed by atoms with Crippen molar-refractivity contribution >= 4 is 22.7 Å². The molecule has 0 aliphatic carbocycles. The van der Waals surface area contributed by atoms with Crippen LogP contribution in [0, 0.1) is 5.92 Å². The average molecular weight is 731 g/mol. The molecule has 2 aliphatic heterocycles. The van der Waals surface area contributed by atoms with Gasteiger partial charge in [-0.3, -0.25) is 9.58 Å². The zero-order valence-electron chi connectivity index (χ0n) is 32.6. The highest BCUT2D eigenvalue weighted by atomic mass is 16.6. The molecule has 2 aromatic heterocycles. The Labute approximate surface area is 319 Å². The molecule has 284 valence electrons. The fourth-order valence-electron chi connectivity index (χ4n) is 7.74. The summed E-state index contributed by atoms with van der Waals surface area (Å²) in [5, 5.41) is 6.15. The van der Waals surface area contributed by atoms with E-state index in [4.69, 9.17) is 24.3 Å². The van der Waals surface area contributed by atoms with E-state index in [1.54, 1.807) is 0 Å². The maximum absolute atomic E-state index is 12.9. The molecule has 7 rings (SSSR count). The summed E-state index contributed by atoms with van der Waals surface area (Å²) in [6.45, 7) is 15.5. The number of rotatable bonds is 10. The van der Waals surface area contributed by atoms with Crippen LogP contribution < -0.4 is 14.4 Å². The molecule has 0 bridgehead atoms. The third-order valence-corrected chi connectivity index (χ3v) is 10.6. The van der Waals surface area contributed by atoms with E-state index in [1.807, 2.05) is 98.1 Å². The molecule has 4 heterocycles. The van der Waals surface area contributed by atoms with Crippen LogP contribution in [0.4, 0.5) is 10.5 Å². The number of aromatic nitrogens is 3. The summed E-state index contributed by atoms with van der Waals surface area (Å²) in [7, 11) is 2.02. The lowest BCUT2D eigenvalue weighted by atomic mass is 9.94. The number of pyridine rings is 1. The van der Waals surface area contributed by atoms with E-state index >= 15 is 0 Å². The number of hydrogen-bond acceptors (Lipinski definition) is 8. The number of nitrogens with zero attached hydrogens (tertiary/aromatic N) is 6. The van der Waals surface area contributed by atoms with Crippen LogP contribution >= 0.6 is 0 Å². The second kappa shape index (κ2) is 16.1. The van der Waals surface area contributed by atoms with Crippen LogP contribution in [0.15, 0.2) is 91.0 Å². The van der Waals surface area contributed by atoms with E-state index in [0.29, 0.717) is 37.4 Å². The molecule has 0 unspecified atom stereocenters. The van der Waals surface area contributed by atoms with Gasteiger partial charge in [0.05, 0.1) is 16.8 Å². The predicted octanol–water partition coefficient (Wildman–Crippen LogP) is 8.34. The highest BCUT2D eigenvalue weighted by molar-refractivity contribution is 6.01. The van der Waals surface area contributed by atoms with Crippen LogP contribution in [-0.4, -0.2) is 81.1 Å². The number of carbonyl (C=O) groups excluding carboxylic acids is 1. The first-order chi connectivity index (χ1) is 26.0. The highest BCUT2D eigenvalue weighted by Gasteiger charge is 2.36. The molecule has 54 heavy (non-hydrogen) atoms. The lowest BCUT2D eigenvalue weighted by Crippen LogP contribution is -2.59. The van der Waals surface area contributed by atoms with Crippen molar-refractivity contribution in [2.45, 2.75) is 78.4 Å². The zero-order valence-corrected chi connectivity index (χ0v) is 32.6. The van der Waals surface area contributed by atoms with Gasteiger partial charge in [0.15, 0.2) is 0 Å². The topological polar surface area (TPSA) is 85.2 Å². The molecule has 2 aliphatic rings. The zero-order chi connectivity index (χ0) is 37.8. The van der Waals surface area contributed by atoms with Crippen molar-refractivity contribution in [1.29, 1.82) is 0 Å². The number of anilines is 1. The van der Waals surface area contributed by atoms with E-state index in [1.165, 1.54) is 5.69 Å². The van der Waals surface area contributed by atoms with Crippen LogP contribution in [0.25, 0.3) is 22.2 Å². The van der Waals surface area contributed by atoms with Crippen molar-refractivity contribution < 1.29 is 19.0 Å². The lowest BCUT2D eigenvalue weighted by Gasteiger charge is -2.46. The summed E-state index contributed by atoms with van der Waals surface area (Å²) < 4.78 is 20.2. The number of amides is 1. The van der Waals surface area contributed by atoms with Crippen LogP contribution in [-0.2, 0) is 25.0 Å². The smallest absolute Gasteiger partial charge is 0.410 e. The molecule has 3 aromatic carbocycles. The van der Waals surface area contributed by atoms with Crippen molar-refractivity contribution in [3.63, 3.8) is 0 Å². The fraction of sp³-hybridized carbons (Fsp3) is 0.432. The van der Waals surface area contributed by atoms with E-state index in [2.05, 4.69) is 54.0 Å². The number of aryl methyl sites for hydroxylation is 1. The van der Waals surface area contributed by atoms with Gasteiger partial charge in [0.2, 0.25) is 11.8 Å². The van der Waals surface area contributed by atoms with Gasteiger partial charge in [-0.25, -0.2) is 4.79 Å². The summed E-state index contributed by atoms with van der Waals surface area (Å²) in [4.78, 5) is 24.7. The quantitative estimate of drug-likeness (QED) is 0.142. The van der Waals surface area contributed by atoms with Crippen molar-refractivity contribution in [2.75, 3.05) is 37.6 Å². The Bertz CT molecular complexity index is 2020. The minimum absolute atomic E-state index is 0.116. The van der Waals surface area contributed by atoms with Gasteiger partial charge in [0.25, 0.3) is 0 Å². The summed E-state index contributed by atoms with van der Waals surface area (Å²) in [6.07, 6.45) is 2.01. The number of para-hydroxylation sites is 1. The molecule has 10 heteroatoms. The maximum Gasteiger partial charge on any atom is 0.410 e. The molecular formula is C44H54N6O4.